The predicted molar refractivity (Wildman–Crippen MR) is 70.9 cm³/mol. The van der Waals surface area contributed by atoms with Gasteiger partial charge in [-0.15, -0.1) is 0 Å². The Balaban J connectivity index is 2.38. The Morgan fingerprint density at radius 1 is 1.24 bits per heavy atom. The topological polar surface area (TPSA) is 101 Å². The highest BCUT2D eigenvalue weighted by atomic mass is 19.1. The lowest BCUT2D eigenvalue weighted by atomic mass is 10.1. The molecule has 2 rings (SSSR count). The highest BCUT2D eigenvalue weighted by Crippen LogP contribution is 2.21. The van der Waals surface area contributed by atoms with Gasteiger partial charge in [-0.2, -0.15) is 5.10 Å². The molecule has 0 aliphatic heterocycles. The van der Waals surface area contributed by atoms with Crippen LogP contribution in [0.3, 0.4) is 0 Å². The van der Waals surface area contributed by atoms with E-state index in [2.05, 4.69) is 15.5 Å². The number of aromatic amines is 1. The van der Waals surface area contributed by atoms with Gasteiger partial charge in [-0.05, 0) is 19.9 Å². The molecule has 2 aromatic rings. The number of H-pyrrole nitrogens is 1. The molecule has 0 fully saturated rings. The van der Waals surface area contributed by atoms with E-state index in [4.69, 9.17) is 5.73 Å². The Hall–Kier alpha value is -2.77. The SMILES string of the molecule is Cc1n[nH]c(C)c1C(=O)Nc1cc(C(N)=O)c(F)cc1F. The second-order valence-corrected chi connectivity index (χ2v) is 4.44. The van der Waals surface area contributed by atoms with Crippen molar-refractivity contribution < 1.29 is 18.4 Å². The first-order valence-electron chi connectivity index (χ1n) is 5.93. The van der Waals surface area contributed by atoms with Gasteiger partial charge in [-0.25, -0.2) is 8.78 Å². The summed E-state index contributed by atoms with van der Waals surface area (Å²) in [6, 6.07) is 1.35. The molecule has 110 valence electrons. The number of benzene rings is 1. The fourth-order valence-electron chi connectivity index (χ4n) is 1.90. The zero-order valence-electron chi connectivity index (χ0n) is 11.3. The summed E-state index contributed by atoms with van der Waals surface area (Å²) >= 11 is 0. The number of nitrogens with zero attached hydrogens (tertiary/aromatic N) is 1. The van der Waals surface area contributed by atoms with E-state index in [-0.39, 0.29) is 11.3 Å². The van der Waals surface area contributed by atoms with Crippen molar-refractivity contribution in [3.05, 3.63) is 46.3 Å². The number of aryl methyl sites for hydroxylation is 2. The molecule has 0 radical (unpaired) electrons. The van der Waals surface area contributed by atoms with Gasteiger partial charge in [0.25, 0.3) is 11.8 Å². The molecule has 0 aliphatic carbocycles. The third kappa shape index (κ3) is 2.73. The molecule has 2 amide bonds. The summed E-state index contributed by atoms with van der Waals surface area (Å²) in [7, 11) is 0. The van der Waals surface area contributed by atoms with E-state index in [1.54, 1.807) is 13.8 Å². The number of rotatable bonds is 3. The van der Waals surface area contributed by atoms with Crippen molar-refractivity contribution in [1.82, 2.24) is 10.2 Å². The zero-order chi connectivity index (χ0) is 15.7. The molecule has 8 heteroatoms. The third-order valence-corrected chi connectivity index (χ3v) is 2.93. The summed E-state index contributed by atoms with van der Waals surface area (Å²) in [5.74, 6) is -3.78. The van der Waals surface area contributed by atoms with Crippen LogP contribution >= 0.6 is 0 Å². The second-order valence-electron chi connectivity index (χ2n) is 4.44. The molecular weight excluding hydrogens is 282 g/mol. The van der Waals surface area contributed by atoms with Gasteiger partial charge in [0.05, 0.1) is 22.5 Å². The Kier molecular flexibility index (Phi) is 3.70. The van der Waals surface area contributed by atoms with E-state index < -0.39 is 29.0 Å². The number of carbonyl (C=O) groups is 2. The van der Waals surface area contributed by atoms with Crippen molar-refractivity contribution in [1.29, 1.82) is 0 Å². The molecule has 0 unspecified atom stereocenters. The van der Waals surface area contributed by atoms with Crippen LogP contribution in [0.5, 0.6) is 0 Å². The first kappa shape index (κ1) is 14.6. The molecule has 1 aromatic heterocycles. The Morgan fingerprint density at radius 2 is 1.90 bits per heavy atom. The van der Waals surface area contributed by atoms with Gasteiger partial charge in [-0.3, -0.25) is 14.7 Å². The smallest absolute Gasteiger partial charge is 0.259 e. The summed E-state index contributed by atoms with van der Waals surface area (Å²) < 4.78 is 27.0. The van der Waals surface area contributed by atoms with Crippen molar-refractivity contribution >= 4 is 17.5 Å². The van der Waals surface area contributed by atoms with Crippen LogP contribution < -0.4 is 11.1 Å². The molecular formula is C13H12F2N4O2. The number of nitrogens with two attached hydrogens (primary N) is 1. The van der Waals surface area contributed by atoms with Gasteiger partial charge in [-0.1, -0.05) is 0 Å². The number of primary amides is 1. The molecule has 0 saturated heterocycles. The molecule has 1 heterocycles. The van der Waals surface area contributed by atoms with Gasteiger partial charge in [0.1, 0.15) is 11.6 Å². The molecule has 0 atom stereocenters. The first-order chi connectivity index (χ1) is 9.81. The summed E-state index contributed by atoms with van der Waals surface area (Å²) in [6.45, 7) is 3.24. The van der Waals surface area contributed by atoms with Crippen LogP contribution in [-0.2, 0) is 0 Å². The monoisotopic (exact) mass is 294 g/mol. The van der Waals surface area contributed by atoms with Crippen molar-refractivity contribution in [2.45, 2.75) is 13.8 Å². The highest BCUT2D eigenvalue weighted by molar-refractivity contribution is 6.06. The van der Waals surface area contributed by atoms with Crippen LogP contribution in [-0.4, -0.2) is 22.0 Å². The fraction of sp³-hybridized carbons (Fsp3) is 0.154. The fourth-order valence-corrected chi connectivity index (χ4v) is 1.90. The van der Waals surface area contributed by atoms with Crippen molar-refractivity contribution in [2.75, 3.05) is 5.32 Å². The molecule has 6 nitrogen and oxygen atoms in total. The second kappa shape index (κ2) is 5.31. The van der Waals surface area contributed by atoms with Gasteiger partial charge >= 0.3 is 0 Å². The molecule has 0 saturated carbocycles. The molecule has 0 bridgehead atoms. The van der Waals surface area contributed by atoms with E-state index in [0.717, 1.165) is 6.07 Å². The number of carbonyl (C=O) groups excluding carboxylic acids is 2. The van der Waals surface area contributed by atoms with E-state index in [9.17, 15) is 18.4 Å². The van der Waals surface area contributed by atoms with Crippen molar-refractivity contribution in [3.63, 3.8) is 0 Å². The standard InChI is InChI=1S/C13H12F2N4O2/c1-5-11(6(2)19-18-5)13(21)17-10-3-7(12(16)20)8(14)4-9(10)15/h3-4H,1-2H3,(H2,16,20)(H,17,21)(H,18,19). The summed E-state index contributed by atoms with van der Waals surface area (Å²) in [6.07, 6.45) is 0. The minimum Gasteiger partial charge on any atom is -0.366 e. The number of hydrogen-bond acceptors (Lipinski definition) is 3. The van der Waals surface area contributed by atoms with E-state index in [0.29, 0.717) is 17.5 Å². The lowest BCUT2D eigenvalue weighted by Crippen LogP contribution is -2.18. The van der Waals surface area contributed by atoms with Crippen molar-refractivity contribution in [3.8, 4) is 0 Å². The van der Waals surface area contributed by atoms with Gasteiger partial charge < -0.3 is 11.1 Å². The average molecular weight is 294 g/mol. The number of aromatic nitrogens is 2. The number of nitrogens with one attached hydrogen (secondary N) is 2. The Labute approximate surface area is 118 Å². The van der Waals surface area contributed by atoms with Crippen LogP contribution in [0.4, 0.5) is 14.5 Å². The van der Waals surface area contributed by atoms with E-state index in [1.807, 2.05) is 0 Å². The lowest BCUT2D eigenvalue weighted by Gasteiger charge is -2.08. The average Bonchev–Trinajstić information content (AvgIpc) is 2.71. The predicted octanol–water partition coefficient (Wildman–Crippen LogP) is 1.66. The van der Waals surface area contributed by atoms with Crippen LogP contribution in [0.15, 0.2) is 12.1 Å². The maximum Gasteiger partial charge on any atom is 0.259 e. The highest BCUT2D eigenvalue weighted by Gasteiger charge is 2.19. The van der Waals surface area contributed by atoms with Crippen LogP contribution in [0.1, 0.15) is 32.1 Å². The summed E-state index contributed by atoms with van der Waals surface area (Å²) in [4.78, 5) is 23.1. The van der Waals surface area contributed by atoms with Crippen LogP contribution in [0.25, 0.3) is 0 Å². The zero-order valence-corrected chi connectivity index (χ0v) is 11.3. The van der Waals surface area contributed by atoms with E-state index in [1.165, 1.54) is 0 Å². The minimum atomic E-state index is -1.09. The van der Waals surface area contributed by atoms with Crippen LogP contribution in [0.2, 0.25) is 0 Å². The molecule has 21 heavy (non-hydrogen) atoms. The minimum absolute atomic E-state index is 0.249. The molecule has 1 aromatic carbocycles. The van der Waals surface area contributed by atoms with Crippen molar-refractivity contribution in [2.24, 2.45) is 5.73 Å². The van der Waals surface area contributed by atoms with Gasteiger partial charge in [0.2, 0.25) is 0 Å². The summed E-state index contributed by atoms with van der Waals surface area (Å²) in [5.41, 5.74) is 5.32. The Bertz CT molecular complexity index is 721. The normalized spacial score (nSPS) is 10.5. The third-order valence-electron chi connectivity index (χ3n) is 2.93. The molecule has 0 aliphatic rings. The maximum atomic E-state index is 13.7. The summed E-state index contributed by atoms with van der Waals surface area (Å²) in [5, 5.41) is 8.73. The number of hydrogen-bond donors (Lipinski definition) is 3. The Morgan fingerprint density at radius 3 is 2.43 bits per heavy atom. The van der Waals surface area contributed by atoms with Gasteiger partial charge in [0.15, 0.2) is 0 Å². The number of anilines is 1. The first-order valence-corrected chi connectivity index (χ1v) is 5.93. The van der Waals surface area contributed by atoms with Gasteiger partial charge in [0, 0.05) is 11.8 Å². The number of halogens is 2. The maximum absolute atomic E-state index is 13.7. The lowest BCUT2D eigenvalue weighted by molar-refractivity contribution is 0.0992. The van der Waals surface area contributed by atoms with E-state index >= 15 is 0 Å². The van der Waals surface area contributed by atoms with Crippen LogP contribution in [0, 0.1) is 25.5 Å². The largest absolute Gasteiger partial charge is 0.366 e. The molecule has 0 spiro atoms. The molecule has 4 N–H and O–H groups in total. The number of amides is 2. The quantitative estimate of drug-likeness (QED) is 0.802.